The van der Waals surface area contributed by atoms with Crippen LogP contribution in [0.5, 0.6) is 0 Å². The van der Waals surface area contributed by atoms with Gasteiger partial charge >= 0.3 is 0 Å². The summed E-state index contributed by atoms with van der Waals surface area (Å²) in [7, 11) is 0. The lowest BCUT2D eigenvalue weighted by Crippen LogP contribution is -1.85. The highest BCUT2D eigenvalue weighted by molar-refractivity contribution is 5.89. The van der Waals surface area contributed by atoms with Crippen LogP contribution >= 0.6 is 0 Å². The van der Waals surface area contributed by atoms with Gasteiger partial charge in [-0.05, 0) is 37.1 Å². The Morgan fingerprint density at radius 1 is 1.29 bits per heavy atom. The van der Waals surface area contributed by atoms with Crippen LogP contribution in [0.1, 0.15) is 18.2 Å². The second-order valence-electron chi connectivity index (χ2n) is 5.28. The van der Waals surface area contributed by atoms with E-state index in [2.05, 4.69) is 34.1 Å². The summed E-state index contributed by atoms with van der Waals surface area (Å²) >= 11 is 0. The molecule has 0 atom stereocenters. The Morgan fingerprint density at radius 2 is 2.19 bits per heavy atom. The van der Waals surface area contributed by atoms with Crippen LogP contribution in [-0.4, -0.2) is 19.6 Å². The minimum absolute atomic E-state index is 0.949. The van der Waals surface area contributed by atoms with Crippen molar-refractivity contribution in [2.24, 2.45) is 0 Å². The number of hydrogen-bond donors (Lipinski definition) is 1. The lowest BCUT2D eigenvalue weighted by atomic mass is 10.0. The van der Waals surface area contributed by atoms with Gasteiger partial charge in [-0.1, -0.05) is 13.0 Å². The van der Waals surface area contributed by atoms with E-state index in [0.717, 1.165) is 34.4 Å². The number of aromatic amines is 1. The highest BCUT2D eigenvalue weighted by Crippen LogP contribution is 2.30. The quantitative estimate of drug-likeness (QED) is 0.606. The Labute approximate surface area is 122 Å². The number of fused-ring (bicyclic) bond motifs is 2. The van der Waals surface area contributed by atoms with Crippen molar-refractivity contribution in [1.82, 2.24) is 19.6 Å². The first-order chi connectivity index (χ1) is 10.3. The number of aromatic nitrogens is 4. The molecule has 0 aromatic carbocycles. The predicted molar refractivity (Wildman–Crippen MR) is 84.4 cm³/mol. The van der Waals surface area contributed by atoms with Gasteiger partial charge in [-0.15, -0.1) is 0 Å². The van der Waals surface area contributed by atoms with Crippen LogP contribution in [0.2, 0.25) is 0 Å². The van der Waals surface area contributed by atoms with E-state index < -0.39 is 0 Å². The average Bonchev–Trinajstić information content (AvgIpc) is 3.05. The zero-order valence-electron chi connectivity index (χ0n) is 12.1. The number of pyridine rings is 2. The Hall–Kier alpha value is -2.62. The molecule has 1 N–H and O–H groups in total. The fourth-order valence-electron chi connectivity index (χ4n) is 2.96. The number of hydrogen-bond acceptors (Lipinski definition) is 2. The normalized spacial score (nSPS) is 11.5. The molecule has 0 bridgehead atoms. The van der Waals surface area contributed by atoms with E-state index in [-0.39, 0.29) is 0 Å². The minimum atomic E-state index is 0.949. The Morgan fingerprint density at radius 3 is 3.05 bits per heavy atom. The van der Waals surface area contributed by atoms with Crippen molar-refractivity contribution in [2.45, 2.75) is 20.3 Å². The maximum absolute atomic E-state index is 4.58. The van der Waals surface area contributed by atoms with Gasteiger partial charge in [-0.25, -0.2) is 9.50 Å². The summed E-state index contributed by atoms with van der Waals surface area (Å²) in [5, 5.41) is 5.78. The molecule has 4 aromatic rings. The third kappa shape index (κ3) is 1.76. The maximum atomic E-state index is 4.58. The molecule has 0 radical (unpaired) electrons. The van der Waals surface area contributed by atoms with E-state index in [1.165, 1.54) is 10.9 Å². The van der Waals surface area contributed by atoms with Crippen LogP contribution in [0.15, 0.2) is 42.9 Å². The molecule has 0 saturated heterocycles. The van der Waals surface area contributed by atoms with E-state index in [9.17, 15) is 0 Å². The molecule has 4 rings (SSSR count). The molecule has 4 heterocycles. The molecule has 0 spiro atoms. The maximum Gasteiger partial charge on any atom is 0.137 e. The zero-order valence-corrected chi connectivity index (χ0v) is 12.1. The second kappa shape index (κ2) is 4.45. The summed E-state index contributed by atoms with van der Waals surface area (Å²) in [5.74, 6) is 0. The topological polar surface area (TPSA) is 46.0 Å². The Kier molecular flexibility index (Phi) is 2.57. The largest absolute Gasteiger partial charge is 0.346 e. The van der Waals surface area contributed by atoms with Gasteiger partial charge in [0.05, 0.1) is 11.2 Å². The number of rotatable bonds is 2. The van der Waals surface area contributed by atoms with Gasteiger partial charge in [0.15, 0.2) is 0 Å². The number of nitrogens with zero attached hydrogens (tertiary/aromatic N) is 3. The van der Waals surface area contributed by atoms with Crippen molar-refractivity contribution in [2.75, 3.05) is 0 Å². The van der Waals surface area contributed by atoms with E-state index >= 15 is 0 Å². The second-order valence-corrected chi connectivity index (χ2v) is 5.28. The first kappa shape index (κ1) is 12.1. The van der Waals surface area contributed by atoms with Crippen molar-refractivity contribution >= 4 is 16.6 Å². The molecule has 0 amide bonds. The lowest BCUT2D eigenvalue weighted by Gasteiger charge is -2.02. The number of aryl methyl sites for hydroxylation is 2. The van der Waals surface area contributed by atoms with Crippen LogP contribution in [0.4, 0.5) is 0 Å². The van der Waals surface area contributed by atoms with Gasteiger partial charge < -0.3 is 4.98 Å². The molecule has 4 aromatic heterocycles. The Bertz CT molecular complexity index is 946. The van der Waals surface area contributed by atoms with E-state index in [4.69, 9.17) is 0 Å². The van der Waals surface area contributed by atoms with Gasteiger partial charge in [0.25, 0.3) is 0 Å². The van der Waals surface area contributed by atoms with Crippen LogP contribution in [0.3, 0.4) is 0 Å². The zero-order chi connectivity index (χ0) is 14.4. The standard InChI is InChI=1S/C17H16N4/c1-3-12-9-18-17-14(12)8-13(10-19-17)16-11(2)20-21-7-5-4-6-15(16)21/h4-10H,3H2,1-2H3,(H,18,19). The van der Waals surface area contributed by atoms with Crippen LogP contribution in [-0.2, 0) is 6.42 Å². The number of nitrogens with one attached hydrogen (secondary N) is 1. The van der Waals surface area contributed by atoms with Crippen LogP contribution in [0, 0.1) is 6.92 Å². The lowest BCUT2D eigenvalue weighted by molar-refractivity contribution is 0.934. The first-order valence-electron chi connectivity index (χ1n) is 7.18. The smallest absolute Gasteiger partial charge is 0.137 e. The van der Waals surface area contributed by atoms with Gasteiger partial charge in [-0.2, -0.15) is 5.10 Å². The van der Waals surface area contributed by atoms with Gasteiger partial charge in [0.1, 0.15) is 5.65 Å². The molecule has 0 unspecified atom stereocenters. The first-order valence-corrected chi connectivity index (χ1v) is 7.18. The van der Waals surface area contributed by atoms with E-state index in [0.29, 0.717) is 0 Å². The highest BCUT2D eigenvalue weighted by Gasteiger charge is 2.13. The summed E-state index contributed by atoms with van der Waals surface area (Å²) in [4.78, 5) is 7.79. The molecule has 0 saturated carbocycles. The number of H-pyrrole nitrogens is 1. The molecule has 4 heteroatoms. The monoisotopic (exact) mass is 276 g/mol. The summed E-state index contributed by atoms with van der Waals surface area (Å²) in [6, 6.07) is 8.34. The van der Waals surface area contributed by atoms with Crippen molar-refractivity contribution < 1.29 is 0 Å². The summed E-state index contributed by atoms with van der Waals surface area (Å²) in [6.07, 6.45) is 6.95. The van der Waals surface area contributed by atoms with Crippen molar-refractivity contribution in [3.8, 4) is 11.1 Å². The molecule has 21 heavy (non-hydrogen) atoms. The average molecular weight is 276 g/mol. The van der Waals surface area contributed by atoms with E-state index in [1.54, 1.807) is 0 Å². The highest BCUT2D eigenvalue weighted by atomic mass is 15.2. The molecular weight excluding hydrogens is 260 g/mol. The van der Waals surface area contributed by atoms with Crippen LogP contribution < -0.4 is 0 Å². The van der Waals surface area contributed by atoms with Gasteiger partial charge in [0, 0.05) is 35.1 Å². The van der Waals surface area contributed by atoms with Crippen molar-refractivity contribution in [1.29, 1.82) is 0 Å². The van der Waals surface area contributed by atoms with Gasteiger partial charge in [-0.3, -0.25) is 0 Å². The molecule has 4 nitrogen and oxygen atoms in total. The molecule has 104 valence electrons. The third-order valence-corrected chi connectivity index (χ3v) is 4.00. The summed E-state index contributed by atoms with van der Waals surface area (Å²) in [6.45, 7) is 4.21. The molecule has 0 aliphatic heterocycles. The fourth-order valence-corrected chi connectivity index (χ4v) is 2.96. The van der Waals surface area contributed by atoms with Crippen molar-refractivity contribution in [3.05, 3.63) is 54.1 Å². The van der Waals surface area contributed by atoms with E-state index in [1.807, 2.05) is 42.2 Å². The SMILES string of the molecule is CCc1c[nH]c2ncc(-c3c(C)nn4ccccc34)cc12. The minimum Gasteiger partial charge on any atom is -0.346 e. The third-order valence-electron chi connectivity index (χ3n) is 4.00. The predicted octanol–water partition coefficient (Wildman–Crippen LogP) is 3.75. The Balaban J connectivity index is 2.01. The summed E-state index contributed by atoms with van der Waals surface area (Å²) in [5.41, 5.74) is 6.67. The molecule has 0 fully saturated rings. The molecular formula is C17H16N4. The van der Waals surface area contributed by atoms with Crippen molar-refractivity contribution in [3.63, 3.8) is 0 Å². The van der Waals surface area contributed by atoms with Gasteiger partial charge in [0.2, 0.25) is 0 Å². The molecule has 0 aliphatic carbocycles. The summed E-state index contributed by atoms with van der Waals surface area (Å²) < 4.78 is 1.92. The molecule has 0 aliphatic rings. The fraction of sp³-hybridized carbons (Fsp3) is 0.176. The van der Waals surface area contributed by atoms with Crippen LogP contribution in [0.25, 0.3) is 27.7 Å².